The Balaban J connectivity index is 1.63. The van der Waals surface area contributed by atoms with Gasteiger partial charge in [-0.15, -0.1) is 0 Å². The minimum absolute atomic E-state index is 0.0419. The van der Waals surface area contributed by atoms with E-state index in [1.165, 1.54) is 6.26 Å². The zero-order valence-corrected chi connectivity index (χ0v) is 20.1. The van der Waals surface area contributed by atoms with Crippen LogP contribution >= 0.6 is 0 Å². The molecule has 12 heteroatoms. The van der Waals surface area contributed by atoms with E-state index in [1.807, 2.05) is 0 Å². The SMILES string of the molecule is CN(C)c1cc(CNc2ccon2)c(O)c2c1C[C@H]1C[C@H]3CC(O)=C(C(N)=O)C(=O)[C@@]3(O)C(O)=C1C2=O. The second-order valence-electron chi connectivity index (χ2n) is 9.80. The molecule has 2 aromatic rings. The predicted molar refractivity (Wildman–Crippen MR) is 129 cm³/mol. The Hall–Kier alpha value is -4.32. The summed E-state index contributed by atoms with van der Waals surface area (Å²) in [5.41, 5.74) is 3.21. The van der Waals surface area contributed by atoms with Crippen molar-refractivity contribution in [1.29, 1.82) is 0 Å². The summed E-state index contributed by atoms with van der Waals surface area (Å²) >= 11 is 0. The van der Waals surface area contributed by atoms with Crippen molar-refractivity contribution in [3.63, 3.8) is 0 Å². The molecule has 12 nitrogen and oxygen atoms in total. The minimum Gasteiger partial charge on any atom is -0.511 e. The van der Waals surface area contributed by atoms with E-state index < -0.39 is 52.0 Å². The summed E-state index contributed by atoms with van der Waals surface area (Å²) in [6.45, 7) is 0.102. The van der Waals surface area contributed by atoms with Crippen LogP contribution in [0.15, 0.2) is 45.6 Å². The van der Waals surface area contributed by atoms with Gasteiger partial charge in [0.15, 0.2) is 17.2 Å². The van der Waals surface area contributed by atoms with E-state index in [2.05, 4.69) is 10.5 Å². The fourth-order valence-corrected chi connectivity index (χ4v) is 5.74. The number of fused-ring (bicyclic) bond motifs is 3. The number of rotatable bonds is 5. The van der Waals surface area contributed by atoms with Crippen LogP contribution in [0.1, 0.15) is 34.3 Å². The van der Waals surface area contributed by atoms with Crippen molar-refractivity contribution >= 4 is 29.0 Å². The molecule has 1 aromatic carbocycles. The van der Waals surface area contributed by atoms with Crippen LogP contribution in [0, 0.1) is 11.8 Å². The van der Waals surface area contributed by atoms with E-state index in [4.69, 9.17) is 10.3 Å². The lowest BCUT2D eigenvalue weighted by molar-refractivity contribution is -0.144. The van der Waals surface area contributed by atoms with Gasteiger partial charge in [-0.3, -0.25) is 14.4 Å². The van der Waals surface area contributed by atoms with Gasteiger partial charge in [0, 0.05) is 55.9 Å². The molecule has 3 atom stereocenters. The van der Waals surface area contributed by atoms with Crippen molar-refractivity contribution in [1.82, 2.24) is 5.16 Å². The van der Waals surface area contributed by atoms with Gasteiger partial charge >= 0.3 is 0 Å². The van der Waals surface area contributed by atoms with E-state index in [1.54, 1.807) is 31.1 Å². The van der Waals surface area contributed by atoms with Crippen LogP contribution in [-0.2, 0) is 22.6 Å². The molecule has 0 radical (unpaired) electrons. The first kappa shape index (κ1) is 24.4. The molecule has 1 heterocycles. The van der Waals surface area contributed by atoms with Gasteiger partial charge in [0.1, 0.15) is 29.1 Å². The zero-order valence-electron chi connectivity index (χ0n) is 20.1. The number of aromatic nitrogens is 1. The Morgan fingerprint density at radius 2 is 2.00 bits per heavy atom. The number of ketones is 2. The molecule has 37 heavy (non-hydrogen) atoms. The summed E-state index contributed by atoms with van der Waals surface area (Å²) in [5.74, 6) is -6.11. The third kappa shape index (κ3) is 3.47. The van der Waals surface area contributed by atoms with E-state index in [9.17, 15) is 34.8 Å². The normalized spacial score (nSPS) is 24.9. The van der Waals surface area contributed by atoms with Crippen LogP contribution in [0.2, 0.25) is 0 Å². The Bertz CT molecular complexity index is 1410. The van der Waals surface area contributed by atoms with Crippen LogP contribution in [-0.4, -0.2) is 62.8 Å². The minimum atomic E-state index is -2.60. The fourth-order valence-electron chi connectivity index (χ4n) is 5.74. The Morgan fingerprint density at radius 1 is 1.27 bits per heavy atom. The highest BCUT2D eigenvalue weighted by atomic mass is 16.5. The van der Waals surface area contributed by atoms with Gasteiger partial charge in [-0.05, 0) is 30.4 Å². The Labute approximate surface area is 210 Å². The second-order valence-corrected chi connectivity index (χ2v) is 9.80. The van der Waals surface area contributed by atoms with Crippen molar-refractivity contribution in [2.24, 2.45) is 17.6 Å². The lowest BCUT2D eigenvalue weighted by atomic mass is 9.60. The number of phenols is 1. The number of nitrogens with two attached hydrogens (primary N) is 1. The van der Waals surface area contributed by atoms with Gasteiger partial charge < -0.3 is 40.9 Å². The number of aliphatic hydroxyl groups is 3. The molecule has 0 saturated carbocycles. The molecular formula is C25H26N4O8. The third-order valence-corrected chi connectivity index (χ3v) is 7.50. The van der Waals surface area contributed by atoms with E-state index in [0.29, 0.717) is 22.6 Å². The molecule has 1 amide bonds. The number of carbonyl (C=O) groups is 3. The standard InChI is InChI=1S/C25H26N4O8/c1-29(2)14-7-11(9-27-16-3-4-37-28-16)20(31)18-13(14)6-10-5-12-8-15(30)19(24(26)35)23(34)25(12,36)22(33)17(10)21(18)32/h3-4,7,10,12,30-31,33,36H,5-6,8-9H2,1-2H3,(H2,26,35)(H,27,28)/t10-,12+,25+/m1/s1. The summed E-state index contributed by atoms with van der Waals surface area (Å²) in [5, 5.41) is 50.7. The number of aromatic hydroxyl groups is 1. The Kier molecular flexibility index (Phi) is 5.52. The van der Waals surface area contributed by atoms with Crippen LogP contribution in [0.3, 0.4) is 0 Å². The first-order valence-electron chi connectivity index (χ1n) is 11.6. The second kappa shape index (κ2) is 8.37. The molecule has 0 aliphatic heterocycles. The number of Topliss-reactive ketones (excluding diaryl/α,β-unsaturated/α-hetero) is 2. The molecule has 5 rings (SSSR count). The number of primary amides is 1. The number of anilines is 2. The molecule has 1 aromatic heterocycles. The van der Waals surface area contributed by atoms with Gasteiger partial charge in [0.2, 0.25) is 5.78 Å². The average molecular weight is 511 g/mol. The van der Waals surface area contributed by atoms with Crippen LogP contribution in [0.4, 0.5) is 11.5 Å². The van der Waals surface area contributed by atoms with Crippen LogP contribution in [0.25, 0.3) is 0 Å². The van der Waals surface area contributed by atoms with Crippen molar-refractivity contribution < 1.29 is 39.3 Å². The third-order valence-electron chi connectivity index (χ3n) is 7.50. The summed E-state index contributed by atoms with van der Waals surface area (Å²) in [6, 6.07) is 3.34. The summed E-state index contributed by atoms with van der Waals surface area (Å²) in [7, 11) is 3.59. The number of hydrogen-bond donors (Lipinski definition) is 6. The topological polar surface area (TPSA) is 199 Å². The first-order chi connectivity index (χ1) is 17.5. The maximum atomic E-state index is 13.8. The number of phenolic OH excluding ortho intramolecular Hbond substituents is 1. The quantitative estimate of drug-likeness (QED) is 0.316. The number of carbonyl (C=O) groups excluding carboxylic acids is 3. The summed E-state index contributed by atoms with van der Waals surface area (Å²) in [4.78, 5) is 40.5. The van der Waals surface area contributed by atoms with Crippen LogP contribution < -0.4 is 16.0 Å². The number of aliphatic hydroxyl groups excluding tert-OH is 2. The molecule has 0 unspecified atom stereocenters. The number of hydrogen-bond acceptors (Lipinski definition) is 11. The van der Waals surface area contributed by atoms with E-state index >= 15 is 0 Å². The van der Waals surface area contributed by atoms with Crippen molar-refractivity contribution in [3.05, 3.63) is 57.8 Å². The Morgan fingerprint density at radius 3 is 2.62 bits per heavy atom. The predicted octanol–water partition coefficient (Wildman–Crippen LogP) is 1.25. The molecule has 3 aliphatic carbocycles. The highest BCUT2D eigenvalue weighted by Crippen LogP contribution is 2.52. The molecule has 0 bridgehead atoms. The number of nitrogens with zero attached hydrogens (tertiary/aromatic N) is 2. The highest BCUT2D eigenvalue weighted by molar-refractivity contribution is 6.24. The van der Waals surface area contributed by atoms with Crippen LogP contribution in [0.5, 0.6) is 5.75 Å². The van der Waals surface area contributed by atoms with Gasteiger partial charge in [-0.1, -0.05) is 5.16 Å². The molecule has 194 valence electrons. The van der Waals surface area contributed by atoms with Crippen molar-refractivity contribution in [2.75, 3.05) is 24.3 Å². The molecule has 0 spiro atoms. The van der Waals surface area contributed by atoms with Crippen molar-refractivity contribution in [3.8, 4) is 5.75 Å². The smallest absolute Gasteiger partial charge is 0.255 e. The molecular weight excluding hydrogens is 484 g/mol. The van der Waals surface area contributed by atoms with Gasteiger partial charge in [0.25, 0.3) is 5.91 Å². The summed E-state index contributed by atoms with van der Waals surface area (Å²) in [6.07, 6.45) is 1.41. The van der Waals surface area contributed by atoms with E-state index in [0.717, 1.165) is 0 Å². The molecule has 0 fully saturated rings. The highest BCUT2D eigenvalue weighted by Gasteiger charge is 2.59. The first-order valence-corrected chi connectivity index (χ1v) is 11.6. The number of allylic oxidation sites excluding steroid dienone is 2. The lowest BCUT2D eigenvalue weighted by Crippen LogP contribution is -2.57. The monoisotopic (exact) mass is 510 g/mol. The van der Waals surface area contributed by atoms with E-state index in [-0.39, 0.29) is 42.7 Å². The largest absolute Gasteiger partial charge is 0.511 e. The molecule has 7 N–H and O–H groups in total. The lowest BCUT2D eigenvalue weighted by Gasteiger charge is -2.46. The maximum Gasteiger partial charge on any atom is 0.255 e. The number of benzene rings is 1. The maximum absolute atomic E-state index is 13.8. The van der Waals surface area contributed by atoms with Gasteiger partial charge in [-0.25, -0.2) is 0 Å². The number of amides is 1. The van der Waals surface area contributed by atoms with Gasteiger partial charge in [-0.2, -0.15) is 0 Å². The molecule has 0 saturated heterocycles. The number of nitrogens with one attached hydrogen (secondary N) is 1. The van der Waals surface area contributed by atoms with Gasteiger partial charge in [0.05, 0.1) is 5.56 Å². The fraction of sp³-hybridized carbons (Fsp3) is 0.360. The summed E-state index contributed by atoms with van der Waals surface area (Å²) < 4.78 is 4.79. The molecule has 3 aliphatic rings. The van der Waals surface area contributed by atoms with Crippen molar-refractivity contribution in [2.45, 2.75) is 31.4 Å². The zero-order chi connectivity index (χ0) is 26.8. The average Bonchev–Trinajstić information content (AvgIpc) is 3.34.